The molecule has 9 heteroatoms. The highest BCUT2D eigenvalue weighted by atomic mass is 79.9. The van der Waals surface area contributed by atoms with Crippen LogP contribution in [0.15, 0.2) is 60.0 Å². The zero-order chi connectivity index (χ0) is 22.7. The molecule has 0 radical (unpaired) electrons. The molecule has 1 aliphatic rings. The standard InChI is InChI=1S/C23H18BrClN2O4S/c24-10-19(28)26-22-21-16(11-27(22)23(30)31-12-14-6-2-1-3-7-14)17(13-32-21)20(29)15-8-4-5-9-18(15)25/h1-9,13,22H,10-12H2,(H,26,28). The first-order valence-electron chi connectivity index (χ1n) is 9.71. The Kier molecular flexibility index (Phi) is 6.93. The Labute approximate surface area is 202 Å². The van der Waals surface area contributed by atoms with E-state index in [1.165, 1.54) is 16.2 Å². The molecule has 1 unspecified atom stereocenters. The van der Waals surface area contributed by atoms with Crippen LogP contribution in [-0.2, 0) is 22.7 Å². The van der Waals surface area contributed by atoms with E-state index in [2.05, 4.69) is 21.2 Å². The van der Waals surface area contributed by atoms with Gasteiger partial charge in [-0.1, -0.05) is 70.0 Å². The van der Waals surface area contributed by atoms with Gasteiger partial charge >= 0.3 is 6.09 Å². The van der Waals surface area contributed by atoms with Gasteiger partial charge in [0.25, 0.3) is 0 Å². The molecule has 0 fully saturated rings. The second-order valence-electron chi connectivity index (χ2n) is 7.07. The molecule has 0 bridgehead atoms. The lowest BCUT2D eigenvalue weighted by Gasteiger charge is -2.25. The number of carbonyl (C=O) groups excluding carboxylic acids is 3. The van der Waals surface area contributed by atoms with Crippen molar-refractivity contribution in [3.63, 3.8) is 0 Å². The highest BCUT2D eigenvalue weighted by Gasteiger charge is 2.39. The van der Waals surface area contributed by atoms with Gasteiger partial charge in [0.05, 0.1) is 21.8 Å². The van der Waals surface area contributed by atoms with E-state index in [0.717, 1.165) is 10.4 Å². The zero-order valence-electron chi connectivity index (χ0n) is 16.7. The Morgan fingerprint density at radius 3 is 2.53 bits per heavy atom. The molecule has 4 rings (SSSR count). The number of benzene rings is 2. The van der Waals surface area contributed by atoms with Crippen LogP contribution in [0.25, 0.3) is 0 Å². The zero-order valence-corrected chi connectivity index (χ0v) is 19.9. The fraction of sp³-hybridized carbons (Fsp3) is 0.174. The number of hydrogen-bond acceptors (Lipinski definition) is 5. The molecular weight excluding hydrogens is 516 g/mol. The number of ketones is 1. The first-order valence-corrected chi connectivity index (χ1v) is 12.1. The minimum absolute atomic E-state index is 0.0858. The highest BCUT2D eigenvalue weighted by molar-refractivity contribution is 9.09. The van der Waals surface area contributed by atoms with E-state index in [1.54, 1.807) is 29.6 Å². The van der Waals surface area contributed by atoms with Crippen molar-refractivity contribution in [2.75, 3.05) is 5.33 Å². The number of nitrogens with one attached hydrogen (secondary N) is 1. The average molecular weight is 534 g/mol. The van der Waals surface area contributed by atoms with Gasteiger partial charge in [-0.2, -0.15) is 0 Å². The van der Waals surface area contributed by atoms with Crippen LogP contribution in [0.3, 0.4) is 0 Å². The van der Waals surface area contributed by atoms with Crippen molar-refractivity contribution in [2.24, 2.45) is 0 Å². The second kappa shape index (κ2) is 9.85. The van der Waals surface area contributed by atoms with Crippen LogP contribution in [0.1, 0.15) is 38.1 Å². The molecule has 1 N–H and O–H groups in total. The van der Waals surface area contributed by atoms with Crippen LogP contribution >= 0.6 is 38.9 Å². The molecule has 2 amide bonds. The first-order chi connectivity index (χ1) is 15.5. The molecule has 0 aliphatic carbocycles. The van der Waals surface area contributed by atoms with Crippen LogP contribution in [0, 0.1) is 0 Å². The number of fused-ring (bicyclic) bond motifs is 1. The summed E-state index contributed by atoms with van der Waals surface area (Å²) in [5.74, 6) is -0.505. The van der Waals surface area contributed by atoms with Crippen molar-refractivity contribution in [3.8, 4) is 0 Å². The van der Waals surface area contributed by atoms with E-state index in [1.807, 2.05) is 30.3 Å². The largest absolute Gasteiger partial charge is 0.444 e. The molecule has 32 heavy (non-hydrogen) atoms. The molecule has 3 aromatic rings. The summed E-state index contributed by atoms with van der Waals surface area (Å²) in [6, 6.07) is 16.2. The maximum absolute atomic E-state index is 13.2. The molecule has 2 heterocycles. The van der Waals surface area contributed by atoms with Crippen LogP contribution < -0.4 is 5.32 Å². The maximum Gasteiger partial charge on any atom is 0.412 e. The lowest BCUT2D eigenvalue weighted by Crippen LogP contribution is -2.41. The fourth-order valence-electron chi connectivity index (χ4n) is 3.48. The monoisotopic (exact) mass is 532 g/mol. The van der Waals surface area contributed by atoms with Crippen molar-refractivity contribution >= 4 is 56.7 Å². The molecule has 0 spiro atoms. The summed E-state index contributed by atoms with van der Waals surface area (Å²) < 4.78 is 5.48. The molecule has 1 atom stereocenters. The molecule has 6 nitrogen and oxygen atoms in total. The number of thiophene rings is 1. The smallest absolute Gasteiger partial charge is 0.412 e. The van der Waals surface area contributed by atoms with Crippen LogP contribution in [-0.4, -0.2) is 28.0 Å². The van der Waals surface area contributed by atoms with Gasteiger partial charge in [0.1, 0.15) is 12.8 Å². The van der Waals surface area contributed by atoms with E-state index in [0.29, 0.717) is 21.7 Å². The van der Waals surface area contributed by atoms with Crippen molar-refractivity contribution < 1.29 is 19.1 Å². The summed E-state index contributed by atoms with van der Waals surface area (Å²) in [5.41, 5.74) is 2.40. The number of nitrogens with zero attached hydrogens (tertiary/aromatic N) is 1. The lowest BCUT2D eigenvalue weighted by molar-refractivity contribution is -0.120. The predicted octanol–water partition coefficient (Wildman–Crippen LogP) is 5.29. The van der Waals surface area contributed by atoms with E-state index in [-0.39, 0.29) is 30.2 Å². The summed E-state index contributed by atoms with van der Waals surface area (Å²) in [6.45, 7) is 0.250. The highest BCUT2D eigenvalue weighted by Crippen LogP contribution is 2.40. The first kappa shape index (κ1) is 22.5. The lowest BCUT2D eigenvalue weighted by atomic mass is 10.0. The van der Waals surface area contributed by atoms with Gasteiger partial charge < -0.3 is 10.1 Å². The SMILES string of the molecule is O=C(CBr)NC1c2scc(C(=O)c3ccccc3Cl)c2CN1C(=O)OCc1ccccc1. The van der Waals surface area contributed by atoms with Crippen molar-refractivity contribution in [2.45, 2.75) is 19.3 Å². The molecule has 1 aliphatic heterocycles. The van der Waals surface area contributed by atoms with Gasteiger partial charge in [-0.15, -0.1) is 11.3 Å². The Hall–Kier alpha value is -2.68. The average Bonchev–Trinajstić information content (AvgIpc) is 3.38. The number of amides is 2. The second-order valence-corrected chi connectivity index (χ2v) is 8.95. The van der Waals surface area contributed by atoms with E-state index >= 15 is 0 Å². The Morgan fingerprint density at radius 2 is 1.81 bits per heavy atom. The number of rotatable bonds is 6. The summed E-state index contributed by atoms with van der Waals surface area (Å²) in [4.78, 5) is 40.3. The summed E-state index contributed by atoms with van der Waals surface area (Å²) in [6.07, 6.45) is -1.29. The van der Waals surface area contributed by atoms with Gasteiger partial charge in [0.2, 0.25) is 5.91 Å². The third kappa shape index (κ3) is 4.57. The van der Waals surface area contributed by atoms with Gasteiger partial charge in [0.15, 0.2) is 5.78 Å². The number of halogens is 2. The van der Waals surface area contributed by atoms with Gasteiger partial charge in [-0.25, -0.2) is 4.79 Å². The van der Waals surface area contributed by atoms with Crippen LogP contribution in [0.5, 0.6) is 0 Å². The Bertz CT molecular complexity index is 1170. The predicted molar refractivity (Wildman–Crippen MR) is 126 cm³/mol. The fourth-order valence-corrected chi connectivity index (χ4v) is 4.99. The molecule has 2 aromatic carbocycles. The minimum Gasteiger partial charge on any atom is -0.444 e. The van der Waals surface area contributed by atoms with Crippen molar-refractivity contribution in [1.82, 2.24) is 10.2 Å². The molecule has 0 saturated carbocycles. The van der Waals surface area contributed by atoms with E-state index in [4.69, 9.17) is 16.3 Å². The maximum atomic E-state index is 13.2. The summed E-state index contributed by atoms with van der Waals surface area (Å²) in [5, 5.41) is 5.02. The van der Waals surface area contributed by atoms with Crippen LogP contribution in [0.2, 0.25) is 5.02 Å². The number of hydrogen-bond donors (Lipinski definition) is 1. The minimum atomic E-state index is -0.712. The molecule has 164 valence electrons. The third-order valence-electron chi connectivity index (χ3n) is 5.04. The Morgan fingerprint density at radius 1 is 1.09 bits per heavy atom. The number of alkyl halides is 1. The molecule has 0 saturated heterocycles. The van der Waals surface area contributed by atoms with Gasteiger partial charge in [-0.05, 0) is 17.7 Å². The normalized spacial score (nSPS) is 14.7. The summed E-state index contributed by atoms with van der Waals surface area (Å²) >= 11 is 10.7. The van der Waals surface area contributed by atoms with E-state index < -0.39 is 12.3 Å². The summed E-state index contributed by atoms with van der Waals surface area (Å²) in [7, 11) is 0. The van der Waals surface area contributed by atoms with Crippen molar-refractivity contribution in [3.05, 3.63) is 92.1 Å². The molecular formula is C23H18BrClN2O4S. The van der Waals surface area contributed by atoms with Gasteiger partial charge in [-0.3, -0.25) is 14.5 Å². The van der Waals surface area contributed by atoms with E-state index in [9.17, 15) is 14.4 Å². The van der Waals surface area contributed by atoms with Gasteiger partial charge in [0, 0.05) is 22.1 Å². The van der Waals surface area contributed by atoms with Crippen LogP contribution in [0.4, 0.5) is 4.79 Å². The number of carbonyl (C=O) groups is 3. The quantitative estimate of drug-likeness (QED) is 0.345. The van der Waals surface area contributed by atoms with Crippen molar-refractivity contribution in [1.29, 1.82) is 0 Å². The Balaban J connectivity index is 1.60. The topological polar surface area (TPSA) is 75.7 Å². The third-order valence-corrected chi connectivity index (χ3v) is 6.95. The number of ether oxygens (including phenoxy) is 1. The molecule has 1 aromatic heterocycles.